The lowest BCUT2D eigenvalue weighted by Gasteiger charge is -2.20. The van der Waals surface area contributed by atoms with Crippen molar-refractivity contribution in [1.29, 1.82) is 0 Å². The lowest BCUT2D eigenvalue weighted by molar-refractivity contribution is 0.0985. The number of benzene rings is 3. The molecule has 0 aliphatic heterocycles. The molecule has 4 aromatic rings. The Bertz CT molecular complexity index is 1370. The summed E-state index contributed by atoms with van der Waals surface area (Å²) in [5.41, 5.74) is 2.17. The van der Waals surface area contributed by atoms with Crippen LogP contribution in [0.25, 0.3) is 10.2 Å². The molecule has 9 heteroatoms. The van der Waals surface area contributed by atoms with Gasteiger partial charge in [-0.05, 0) is 48.0 Å². The van der Waals surface area contributed by atoms with E-state index >= 15 is 0 Å². The van der Waals surface area contributed by atoms with E-state index in [1.165, 1.54) is 37.6 Å². The summed E-state index contributed by atoms with van der Waals surface area (Å²) in [6.07, 6.45) is 0. The molecule has 0 bridgehead atoms. The van der Waals surface area contributed by atoms with Gasteiger partial charge in [0.15, 0.2) is 5.13 Å². The zero-order valence-electron chi connectivity index (χ0n) is 17.4. The molecule has 0 N–H and O–H groups in total. The number of sulfonamides is 1. The minimum atomic E-state index is -3.57. The van der Waals surface area contributed by atoms with Crippen molar-refractivity contribution in [2.24, 2.45) is 0 Å². The van der Waals surface area contributed by atoms with E-state index in [4.69, 9.17) is 0 Å². The van der Waals surface area contributed by atoms with Gasteiger partial charge in [0.05, 0.1) is 21.7 Å². The predicted octanol–water partition coefficient (Wildman–Crippen LogP) is 5.16. The number of rotatable bonds is 6. The fourth-order valence-corrected chi connectivity index (χ4v) is 5.55. The number of aromatic nitrogens is 1. The molecule has 0 unspecified atom stereocenters. The molecule has 3 aromatic carbocycles. The minimum absolute atomic E-state index is 0.137. The Labute approximate surface area is 199 Å². The second-order valence-electron chi connectivity index (χ2n) is 7.30. The maximum atomic E-state index is 13.5. The third kappa shape index (κ3) is 4.61. The lowest BCUT2D eigenvalue weighted by Crippen LogP contribution is -2.30. The molecule has 0 fully saturated rings. The summed E-state index contributed by atoms with van der Waals surface area (Å²) in [5.74, 6) is -0.249. The first-order valence-electron chi connectivity index (χ1n) is 9.70. The molecule has 0 saturated heterocycles. The molecule has 1 amide bonds. The second-order valence-corrected chi connectivity index (χ2v) is 11.4. The number of nitrogens with zero attached hydrogens (tertiary/aromatic N) is 3. The van der Waals surface area contributed by atoms with Crippen molar-refractivity contribution in [2.75, 3.05) is 19.0 Å². The summed E-state index contributed by atoms with van der Waals surface area (Å²) >= 11 is 4.91. The summed E-state index contributed by atoms with van der Waals surface area (Å²) in [4.78, 5) is 20.0. The van der Waals surface area contributed by atoms with Crippen LogP contribution in [0.5, 0.6) is 0 Å². The van der Waals surface area contributed by atoms with E-state index in [1.807, 2.05) is 48.5 Å². The van der Waals surface area contributed by atoms with E-state index in [0.717, 1.165) is 24.6 Å². The highest BCUT2D eigenvalue weighted by atomic mass is 79.9. The Hall–Kier alpha value is -2.59. The first kappa shape index (κ1) is 22.6. The van der Waals surface area contributed by atoms with E-state index in [-0.39, 0.29) is 10.8 Å². The predicted molar refractivity (Wildman–Crippen MR) is 132 cm³/mol. The van der Waals surface area contributed by atoms with Gasteiger partial charge in [-0.3, -0.25) is 9.69 Å². The molecule has 0 aliphatic carbocycles. The average molecular weight is 530 g/mol. The van der Waals surface area contributed by atoms with Gasteiger partial charge in [-0.1, -0.05) is 57.6 Å². The monoisotopic (exact) mass is 529 g/mol. The normalized spacial score (nSPS) is 11.8. The first-order chi connectivity index (χ1) is 15.3. The van der Waals surface area contributed by atoms with Crippen LogP contribution in [-0.2, 0) is 16.6 Å². The van der Waals surface area contributed by atoms with Crippen LogP contribution in [0.2, 0.25) is 0 Å². The van der Waals surface area contributed by atoms with Crippen molar-refractivity contribution in [3.05, 3.63) is 88.4 Å². The molecule has 1 heterocycles. The number of hydrogen-bond acceptors (Lipinski definition) is 5. The number of amides is 1. The number of thiazole rings is 1. The Morgan fingerprint density at radius 3 is 2.34 bits per heavy atom. The molecule has 32 heavy (non-hydrogen) atoms. The summed E-state index contributed by atoms with van der Waals surface area (Å²) < 4.78 is 27.8. The van der Waals surface area contributed by atoms with Crippen molar-refractivity contribution in [1.82, 2.24) is 9.29 Å². The molecule has 6 nitrogen and oxygen atoms in total. The van der Waals surface area contributed by atoms with Crippen LogP contribution >= 0.6 is 27.3 Å². The van der Waals surface area contributed by atoms with Crippen molar-refractivity contribution < 1.29 is 13.2 Å². The Kier molecular flexibility index (Phi) is 6.43. The van der Waals surface area contributed by atoms with Gasteiger partial charge in [0.1, 0.15) is 0 Å². The zero-order chi connectivity index (χ0) is 22.9. The smallest absolute Gasteiger partial charge is 0.260 e. The number of anilines is 1. The molecular weight excluding hydrogens is 510 g/mol. The second kappa shape index (κ2) is 9.11. The van der Waals surface area contributed by atoms with Gasteiger partial charge in [0.25, 0.3) is 5.91 Å². The number of carbonyl (C=O) groups excluding carboxylic acids is 1. The SMILES string of the molecule is CN(C)S(=O)(=O)c1ccc(C(=O)N(Cc2ccccc2)c2nc3ccc(Br)cc3s2)cc1. The maximum Gasteiger partial charge on any atom is 0.260 e. The lowest BCUT2D eigenvalue weighted by atomic mass is 10.1. The van der Waals surface area contributed by atoms with Crippen LogP contribution < -0.4 is 4.90 Å². The highest BCUT2D eigenvalue weighted by Crippen LogP contribution is 2.32. The summed E-state index contributed by atoms with van der Waals surface area (Å²) in [5, 5.41) is 0.581. The molecule has 0 saturated carbocycles. The third-order valence-corrected chi connectivity index (χ3v) is 8.24. The highest BCUT2D eigenvalue weighted by Gasteiger charge is 2.23. The number of carbonyl (C=O) groups is 1. The van der Waals surface area contributed by atoms with Gasteiger partial charge >= 0.3 is 0 Å². The fourth-order valence-electron chi connectivity index (χ4n) is 3.13. The third-order valence-electron chi connectivity index (χ3n) is 4.88. The Morgan fingerprint density at radius 2 is 1.69 bits per heavy atom. The molecule has 0 radical (unpaired) electrons. The maximum absolute atomic E-state index is 13.5. The van der Waals surface area contributed by atoms with Crippen LogP contribution in [0.4, 0.5) is 5.13 Å². The van der Waals surface area contributed by atoms with Gasteiger partial charge < -0.3 is 0 Å². The van der Waals surface area contributed by atoms with Crippen LogP contribution in [0.15, 0.2) is 82.2 Å². The molecule has 164 valence electrons. The van der Waals surface area contributed by atoms with Gasteiger partial charge in [0.2, 0.25) is 10.0 Å². The van der Waals surface area contributed by atoms with Crippen LogP contribution in [0, 0.1) is 0 Å². The summed E-state index contributed by atoms with van der Waals surface area (Å²) in [6.45, 7) is 0.346. The van der Waals surface area contributed by atoms with Crippen molar-refractivity contribution in [2.45, 2.75) is 11.4 Å². The van der Waals surface area contributed by atoms with E-state index < -0.39 is 10.0 Å². The number of halogens is 1. The van der Waals surface area contributed by atoms with E-state index in [2.05, 4.69) is 20.9 Å². The largest absolute Gasteiger partial charge is 0.279 e. The van der Waals surface area contributed by atoms with Gasteiger partial charge in [-0.25, -0.2) is 17.7 Å². The van der Waals surface area contributed by atoms with Crippen LogP contribution in [0.1, 0.15) is 15.9 Å². The fraction of sp³-hybridized carbons (Fsp3) is 0.130. The van der Waals surface area contributed by atoms with Crippen LogP contribution in [-0.4, -0.2) is 37.7 Å². The molecule has 0 atom stereocenters. The topological polar surface area (TPSA) is 70.6 Å². The molecule has 4 rings (SSSR count). The van der Waals surface area contributed by atoms with Gasteiger partial charge in [0, 0.05) is 24.1 Å². The molecular formula is C23H20BrN3O3S2. The van der Waals surface area contributed by atoms with Crippen LogP contribution in [0.3, 0.4) is 0 Å². The number of hydrogen-bond donors (Lipinski definition) is 0. The zero-order valence-corrected chi connectivity index (χ0v) is 20.6. The van der Waals surface area contributed by atoms with Crippen molar-refractivity contribution in [3.63, 3.8) is 0 Å². The Balaban J connectivity index is 1.73. The summed E-state index contributed by atoms with van der Waals surface area (Å²) in [7, 11) is -0.621. The van der Waals surface area contributed by atoms with E-state index in [9.17, 15) is 13.2 Å². The van der Waals surface area contributed by atoms with E-state index in [1.54, 1.807) is 17.0 Å². The number of fused-ring (bicyclic) bond motifs is 1. The molecule has 0 aliphatic rings. The Morgan fingerprint density at radius 1 is 1.00 bits per heavy atom. The highest BCUT2D eigenvalue weighted by molar-refractivity contribution is 9.10. The van der Waals surface area contributed by atoms with Crippen molar-refractivity contribution in [3.8, 4) is 0 Å². The van der Waals surface area contributed by atoms with Gasteiger partial charge in [-0.2, -0.15) is 0 Å². The average Bonchev–Trinajstić information content (AvgIpc) is 3.20. The first-order valence-corrected chi connectivity index (χ1v) is 12.7. The van der Waals surface area contributed by atoms with E-state index in [0.29, 0.717) is 17.2 Å². The van der Waals surface area contributed by atoms with Crippen molar-refractivity contribution >= 4 is 58.5 Å². The van der Waals surface area contributed by atoms with Gasteiger partial charge in [-0.15, -0.1) is 0 Å². The summed E-state index contributed by atoms with van der Waals surface area (Å²) in [6, 6.07) is 21.5. The molecule has 1 aromatic heterocycles. The molecule has 0 spiro atoms. The minimum Gasteiger partial charge on any atom is -0.279 e. The standard InChI is InChI=1S/C23H20BrN3O3S2/c1-26(2)32(29,30)19-11-8-17(9-12-19)22(28)27(15-16-6-4-3-5-7-16)23-25-20-13-10-18(24)14-21(20)31-23/h3-14H,15H2,1-2H3. The quantitative estimate of drug-likeness (QED) is 0.346.